The van der Waals surface area contributed by atoms with Gasteiger partial charge in [-0.25, -0.2) is 0 Å². The molecule has 8 rings (SSSR count). The van der Waals surface area contributed by atoms with Crippen LogP contribution in [0.2, 0.25) is 5.02 Å². The second-order valence-electron chi connectivity index (χ2n) is 18.5. The molecule has 0 saturated carbocycles. The maximum Gasteiger partial charge on any atom is 0.0887 e. The van der Waals surface area contributed by atoms with Gasteiger partial charge in [-0.05, 0) is 146 Å². The minimum atomic E-state index is -1.97. The molecule has 0 N–H and O–H groups in total. The summed E-state index contributed by atoms with van der Waals surface area (Å²) >= 11 is 7.93. The van der Waals surface area contributed by atoms with E-state index in [0.29, 0.717) is 16.1 Å². The molecule has 0 spiro atoms. The monoisotopic (exact) mass is 894 g/mol. The molecule has 0 amide bonds. The van der Waals surface area contributed by atoms with E-state index in [-0.39, 0.29) is 5.41 Å². The Morgan fingerprint density at radius 1 is 0.403 bits per heavy atom. The maximum absolute atomic E-state index is 7.93. The third kappa shape index (κ3) is 9.61. The predicted octanol–water partition coefficient (Wildman–Crippen LogP) is 14.1. The lowest BCUT2D eigenvalue weighted by Gasteiger charge is -2.43. The molecule has 0 aliphatic rings. The minimum Gasteiger partial charge on any atom is -0.309 e. The molecule has 8 aromatic rings. The van der Waals surface area contributed by atoms with Gasteiger partial charge in [-0.1, -0.05) is 134 Å². The molecule has 2 nitrogen and oxygen atoms in total. The van der Waals surface area contributed by atoms with Gasteiger partial charge in [0.05, 0.1) is 69.2 Å². The van der Waals surface area contributed by atoms with E-state index in [0.717, 1.165) is 50.8 Å². The van der Waals surface area contributed by atoms with Crippen molar-refractivity contribution in [2.45, 2.75) is 76.8 Å². The molecule has 10 heteroatoms. The normalized spacial score (nSPS) is 12.4. The molecule has 0 aliphatic carbocycles. The molecule has 0 heterocycles. The number of hydrogen-bond donors (Lipinski definition) is 0. The number of anilines is 6. The fourth-order valence-electron chi connectivity index (χ4n) is 8.92. The Bertz CT molecular complexity index is 2810. The van der Waals surface area contributed by atoms with E-state index < -0.39 is 20.3 Å². The summed E-state index contributed by atoms with van der Waals surface area (Å²) in [6, 6.07) is 65.7. The molecule has 12 radical (unpaired) electrons. The van der Waals surface area contributed by atoms with Crippen LogP contribution in [0.4, 0.5) is 34.1 Å². The third-order valence-electron chi connectivity index (χ3n) is 12.2. The molecule has 318 valence electrons. The zero-order chi connectivity index (χ0) is 47.9. The van der Waals surface area contributed by atoms with Crippen LogP contribution in [0.25, 0.3) is 0 Å². The van der Waals surface area contributed by atoms with Crippen molar-refractivity contribution in [3.8, 4) is 0 Å². The van der Waals surface area contributed by atoms with Crippen LogP contribution in [0.3, 0.4) is 0 Å². The zero-order valence-corrected chi connectivity index (χ0v) is 40.6. The lowest BCUT2D eigenvalue weighted by atomic mass is 9.40. The average Bonchev–Trinajstić information content (AvgIpc) is 3.30. The molecule has 67 heavy (non-hydrogen) atoms. The summed E-state index contributed by atoms with van der Waals surface area (Å²) in [6.07, 6.45) is 0. The highest BCUT2D eigenvalue weighted by molar-refractivity contribution is 8.34. The van der Waals surface area contributed by atoms with Crippen LogP contribution < -0.4 is 9.80 Å². The molecular formula is C57H49B6ClN2S. The Balaban J connectivity index is 1.39. The molecule has 0 saturated heterocycles. The Morgan fingerprint density at radius 2 is 0.731 bits per heavy atom. The van der Waals surface area contributed by atoms with Gasteiger partial charge < -0.3 is 9.80 Å². The van der Waals surface area contributed by atoms with Crippen molar-refractivity contribution >= 4 is 103 Å². The SMILES string of the molecule is [B]C([B])([B])c1ccc(N(c2ccc(C([B])([B])[B])cc2)c2cc(C)cc(N(c3ccc(C(C)(C)C)cc3)c3c(C)cc(S(c4ccccc4)(c4ccccc4)c4ccccc4)cc3C)c2Cl)cc1. The number of aryl methyl sites for hydroxylation is 3. The second kappa shape index (κ2) is 18.8. The molecule has 0 fully saturated rings. The van der Waals surface area contributed by atoms with Crippen molar-refractivity contribution in [2.24, 2.45) is 0 Å². The number of nitrogens with zero attached hydrogens (tertiary/aromatic N) is 2. The summed E-state index contributed by atoms with van der Waals surface area (Å²) in [6.45, 7) is 13.2. The fourth-order valence-corrected chi connectivity index (χ4v) is 13.2. The van der Waals surface area contributed by atoms with Crippen LogP contribution >= 0.6 is 21.6 Å². The molecule has 0 atom stereocenters. The predicted molar refractivity (Wildman–Crippen MR) is 292 cm³/mol. The summed E-state index contributed by atoms with van der Waals surface area (Å²) < 4.78 is 0. The Hall–Kier alpha value is -5.61. The smallest absolute Gasteiger partial charge is 0.0887 e. The number of halogens is 1. The van der Waals surface area contributed by atoms with Gasteiger partial charge in [-0.2, -0.15) is 0 Å². The molecular weight excluding hydrogens is 845 g/mol. The van der Waals surface area contributed by atoms with Crippen LogP contribution in [0.15, 0.2) is 208 Å². The van der Waals surface area contributed by atoms with Gasteiger partial charge >= 0.3 is 0 Å². The molecule has 8 aromatic carbocycles. The third-order valence-corrected chi connectivity index (χ3v) is 16.5. The van der Waals surface area contributed by atoms with Crippen molar-refractivity contribution in [2.75, 3.05) is 9.80 Å². The molecule has 0 aromatic heterocycles. The lowest BCUT2D eigenvalue weighted by molar-refractivity contribution is 0.590. The molecule has 0 bridgehead atoms. The topological polar surface area (TPSA) is 6.48 Å². The first kappa shape index (κ1) is 47.9. The van der Waals surface area contributed by atoms with Gasteiger partial charge in [0.15, 0.2) is 0 Å². The van der Waals surface area contributed by atoms with Gasteiger partial charge in [-0.15, -0.1) is 20.3 Å². The Morgan fingerprint density at radius 3 is 1.07 bits per heavy atom. The van der Waals surface area contributed by atoms with Crippen LogP contribution in [0, 0.1) is 20.8 Å². The highest BCUT2D eigenvalue weighted by Crippen LogP contribution is 2.74. The number of rotatable bonds is 12. The van der Waals surface area contributed by atoms with Crippen LogP contribution in [-0.4, -0.2) is 47.1 Å². The van der Waals surface area contributed by atoms with Gasteiger partial charge in [-0.3, -0.25) is 0 Å². The van der Waals surface area contributed by atoms with Crippen LogP contribution in [0.1, 0.15) is 54.2 Å². The van der Waals surface area contributed by atoms with E-state index >= 15 is 0 Å². The highest BCUT2D eigenvalue weighted by atomic mass is 35.5. The van der Waals surface area contributed by atoms with Crippen LogP contribution in [0.5, 0.6) is 0 Å². The Labute approximate surface area is 413 Å². The van der Waals surface area contributed by atoms with Crippen molar-refractivity contribution in [3.05, 3.63) is 226 Å². The van der Waals surface area contributed by atoms with E-state index in [1.54, 1.807) is 0 Å². The van der Waals surface area contributed by atoms with E-state index in [1.807, 2.05) is 48.5 Å². The van der Waals surface area contributed by atoms with Gasteiger partial charge in [0, 0.05) is 36.6 Å². The van der Waals surface area contributed by atoms with Crippen molar-refractivity contribution in [3.63, 3.8) is 0 Å². The first-order chi connectivity index (χ1) is 31.8. The Kier molecular flexibility index (Phi) is 13.4. The molecule has 0 unspecified atom stereocenters. The van der Waals surface area contributed by atoms with Crippen LogP contribution in [-0.2, 0) is 15.6 Å². The quantitative estimate of drug-likeness (QED) is 0.113. The van der Waals surface area contributed by atoms with E-state index in [9.17, 15) is 0 Å². The van der Waals surface area contributed by atoms with E-state index in [2.05, 4.69) is 191 Å². The van der Waals surface area contributed by atoms with E-state index in [1.165, 1.54) is 25.1 Å². The first-order valence-corrected chi connectivity index (χ1v) is 24.3. The van der Waals surface area contributed by atoms with Gasteiger partial charge in [0.25, 0.3) is 0 Å². The highest BCUT2D eigenvalue weighted by Gasteiger charge is 2.35. The summed E-state index contributed by atoms with van der Waals surface area (Å²) in [7, 11) is 34.8. The van der Waals surface area contributed by atoms with Gasteiger partial charge in [0.1, 0.15) is 0 Å². The molecule has 0 aliphatic heterocycles. The average molecular weight is 894 g/mol. The standard InChI is InChI=1S/C57H49B6ClN2S/c1-38-34-51(65(44-30-24-42(25-31-44)56(58,59)60)45-32-26-43(27-33-45)57(61,62)63)53(64)52(35-38)66(46-28-22-41(23-29-46)55(4,5)6)54-39(2)36-50(37-40(54)3)67(47-16-10-7-11-17-47,48-18-12-8-13-19-48)49-20-14-9-15-21-49/h7-37H,1-6H3. The lowest BCUT2D eigenvalue weighted by Crippen LogP contribution is -2.27. The van der Waals surface area contributed by atoms with E-state index in [4.69, 9.17) is 58.7 Å². The van der Waals surface area contributed by atoms with Gasteiger partial charge in [0.2, 0.25) is 0 Å². The van der Waals surface area contributed by atoms with Crippen molar-refractivity contribution in [1.29, 1.82) is 0 Å². The maximum atomic E-state index is 7.93. The number of hydrogen-bond acceptors (Lipinski definition) is 2. The second-order valence-corrected chi connectivity index (χ2v) is 22.0. The largest absolute Gasteiger partial charge is 0.309 e. The summed E-state index contributed by atoms with van der Waals surface area (Å²) in [5, 5.41) is -2.52. The minimum absolute atomic E-state index is 0.0518. The van der Waals surface area contributed by atoms with Crippen molar-refractivity contribution in [1.82, 2.24) is 0 Å². The zero-order valence-electron chi connectivity index (χ0n) is 39.0. The summed E-state index contributed by atoms with van der Waals surface area (Å²) in [5.41, 5.74) is 10.6. The first-order valence-electron chi connectivity index (χ1n) is 22.3. The van der Waals surface area contributed by atoms with Crippen molar-refractivity contribution < 1.29 is 0 Å². The number of benzene rings is 8. The fraction of sp³-hybridized carbons (Fsp3) is 0.158. The summed E-state index contributed by atoms with van der Waals surface area (Å²) in [4.78, 5) is 9.40. The summed E-state index contributed by atoms with van der Waals surface area (Å²) in [5.74, 6) is 0.